The molecule has 3 rings (SSSR count). The van der Waals surface area contributed by atoms with Crippen molar-refractivity contribution in [1.29, 1.82) is 0 Å². The molecule has 9 nitrogen and oxygen atoms in total. The fourth-order valence-corrected chi connectivity index (χ4v) is 4.58. The van der Waals surface area contributed by atoms with Gasteiger partial charge in [0.2, 0.25) is 11.8 Å². The van der Waals surface area contributed by atoms with Gasteiger partial charge in [0.15, 0.2) is 0 Å². The standard InChI is InChI=1S/C30H38FN3O6/c1-29(2,3)39-27(37)23-16-21(26(36)32-17-19-12-8-7-9-13-19)25(20-14-10-11-15-22(20)31)34(23)24(35)18-33-28(38)40-30(4,5)6/h7-15,21,23,25H,16-18H2,1-6H3,(H,32,36)(H,33,38). The third-order valence-electron chi connectivity index (χ3n) is 6.11. The quantitative estimate of drug-likeness (QED) is 0.494. The highest BCUT2D eigenvalue weighted by molar-refractivity contribution is 5.91. The average Bonchev–Trinajstić information content (AvgIpc) is 3.25. The molecular weight excluding hydrogens is 517 g/mol. The molecule has 1 aliphatic heterocycles. The summed E-state index contributed by atoms with van der Waals surface area (Å²) in [5.74, 6) is -3.45. The van der Waals surface area contributed by atoms with E-state index in [-0.39, 0.29) is 18.5 Å². The average molecular weight is 556 g/mol. The molecule has 2 aromatic carbocycles. The number of nitrogens with one attached hydrogen (secondary N) is 2. The van der Waals surface area contributed by atoms with E-state index >= 15 is 4.39 Å². The molecule has 0 radical (unpaired) electrons. The zero-order valence-electron chi connectivity index (χ0n) is 23.8. The molecule has 1 fully saturated rings. The summed E-state index contributed by atoms with van der Waals surface area (Å²) in [6.45, 7) is 9.79. The normalized spacial score (nSPS) is 19.1. The molecule has 40 heavy (non-hydrogen) atoms. The molecule has 3 amide bonds. The van der Waals surface area contributed by atoms with Crippen LogP contribution >= 0.6 is 0 Å². The smallest absolute Gasteiger partial charge is 0.408 e. The van der Waals surface area contributed by atoms with Crippen LogP contribution in [0.2, 0.25) is 0 Å². The van der Waals surface area contributed by atoms with Gasteiger partial charge in [-0.15, -0.1) is 0 Å². The van der Waals surface area contributed by atoms with Gasteiger partial charge < -0.3 is 25.0 Å². The Morgan fingerprint density at radius 1 is 0.875 bits per heavy atom. The highest BCUT2D eigenvalue weighted by atomic mass is 19.1. The highest BCUT2D eigenvalue weighted by Crippen LogP contribution is 2.43. The number of benzene rings is 2. The van der Waals surface area contributed by atoms with Gasteiger partial charge in [0.25, 0.3) is 0 Å². The Labute approximate surface area is 234 Å². The number of rotatable bonds is 7. The first kappa shape index (κ1) is 30.6. The van der Waals surface area contributed by atoms with Crippen molar-refractivity contribution >= 4 is 23.9 Å². The molecule has 0 aromatic heterocycles. The monoisotopic (exact) mass is 555 g/mol. The van der Waals surface area contributed by atoms with Crippen LogP contribution in [0.25, 0.3) is 0 Å². The van der Waals surface area contributed by atoms with E-state index in [2.05, 4.69) is 10.6 Å². The minimum Gasteiger partial charge on any atom is -0.458 e. The topological polar surface area (TPSA) is 114 Å². The number of nitrogens with zero attached hydrogens (tertiary/aromatic N) is 1. The highest BCUT2D eigenvalue weighted by Gasteiger charge is 2.52. The first-order valence-corrected chi connectivity index (χ1v) is 13.2. The summed E-state index contributed by atoms with van der Waals surface area (Å²) in [4.78, 5) is 54.0. The first-order chi connectivity index (χ1) is 18.7. The van der Waals surface area contributed by atoms with Crippen LogP contribution in [0, 0.1) is 11.7 Å². The van der Waals surface area contributed by atoms with Gasteiger partial charge in [0, 0.05) is 12.1 Å². The third-order valence-corrected chi connectivity index (χ3v) is 6.11. The van der Waals surface area contributed by atoms with Crippen LogP contribution in [0.15, 0.2) is 54.6 Å². The second-order valence-corrected chi connectivity index (χ2v) is 11.7. The lowest BCUT2D eigenvalue weighted by atomic mass is 9.91. The van der Waals surface area contributed by atoms with Crippen LogP contribution in [0.4, 0.5) is 9.18 Å². The van der Waals surface area contributed by atoms with Crippen LogP contribution in [0.1, 0.15) is 65.1 Å². The second-order valence-electron chi connectivity index (χ2n) is 11.7. The number of carbonyl (C=O) groups excluding carboxylic acids is 4. The molecule has 0 aliphatic carbocycles. The van der Waals surface area contributed by atoms with Crippen LogP contribution in [0.3, 0.4) is 0 Å². The number of esters is 1. The van der Waals surface area contributed by atoms with Crippen LogP contribution in [0.5, 0.6) is 0 Å². The Morgan fingerprint density at radius 2 is 1.48 bits per heavy atom. The Hall–Kier alpha value is -3.95. The summed E-state index contributed by atoms with van der Waals surface area (Å²) in [6.07, 6.45) is -0.916. The maximum absolute atomic E-state index is 15.2. The van der Waals surface area contributed by atoms with Crippen molar-refractivity contribution in [3.05, 3.63) is 71.5 Å². The van der Waals surface area contributed by atoms with Gasteiger partial charge >= 0.3 is 12.1 Å². The number of carbonyl (C=O) groups is 4. The summed E-state index contributed by atoms with van der Waals surface area (Å²) in [7, 11) is 0. The van der Waals surface area contributed by atoms with Gasteiger partial charge in [0.1, 0.15) is 29.6 Å². The lowest BCUT2D eigenvalue weighted by Crippen LogP contribution is -2.49. The number of alkyl carbamates (subject to hydrolysis) is 1. The maximum Gasteiger partial charge on any atom is 0.408 e. The summed E-state index contributed by atoms with van der Waals surface area (Å²) in [6, 6.07) is 12.7. The van der Waals surface area contributed by atoms with E-state index in [1.807, 2.05) is 30.3 Å². The van der Waals surface area contributed by atoms with Gasteiger partial charge in [-0.2, -0.15) is 0 Å². The van der Waals surface area contributed by atoms with Gasteiger partial charge in [-0.3, -0.25) is 9.59 Å². The molecule has 2 aromatic rings. The summed E-state index contributed by atoms with van der Waals surface area (Å²) in [5.41, 5.74) is -0.729. The SMILES string of the molecule is CC(C)(C)OC(=O)NCC(=O)N1C(C(=O)OC(C)(C)C)CC(C(=O)NCc2ccccc2)C1c1ccccc1F. The Bertz CT molecular complexity index is 1220. The van der Waals surface area contributed by atoms with Crippen molar-refractivity contribution < 1.29 is 33.0 Å². The minimum absolute atomic E-state index is 0.0824. The fourth-order valence-electron chi connectivity index (χ4n) is 4.58. The fraction of sp³-hybridized carbons (Fsp3) is 0.467. The Balaban J connectivity index is 1.97. The predicted octanol–water partition coefficient (Wildman–Crippen LogP) is 4.27. The minimum atomic E-state index is -1.19. The van der Waals surface area contributed by atoms with Gasteiger partial charge in [-0.25, -0.2) is 14.0 Å². The van der Waals surface area contributed by atoms with E-state index in [0.29, 0.717) is 0 Å². The second kappa shape index (κ2) is 12.5. The molecule has 0 saturated carbocycles. The number of hydrogen-bond donors (Lipinski definition) is 2. The molecule has 10 heteroatoms. The molecule has 3 atom stereocenters. The molecule has 0 spiro atoms. The largest absolute Gasteiger partial charge is 0.458 e. The van der Waals surface area contributed by atoms with Crippen molar-refractivity contribution in [2.24, 2.45) is 5.92 Å². The zero-order valence-corrected chi connectivity index (χ0v) is 23.8. The van der Waals surface area contributed by atoms with E-state index in [0.717, 1.165) is 10.5 Å². The molecule has 0 bridgehead atoms. The predicted molar refractivity (Wildman–Crippen MR) is 146 cm³/mol. The molecule has 1 saturated heterocycles. The third kappa shape index (κ3) is 8.27. The zero-order chi connectivity index (χ0) is 29.7. The molecule has 1 heterocycles. The van der Waals surface area contributed by atoms with Crippen LogP contribution in [-0.2, 0) is 30.4 Å². The number of halogens is 1. The van der Waals surface area contributed by atoms with E-state index in [1.165, 1.54) is 18.2 Å². The van der Waals surface area contributed by atoms with Crippen molar-refractivity contribution in [2.45, 2.75) is 77.8 Å². The number of hydrogen-bond acceptors (Lipinski definition) is 6. The van der Waals surface area contributed by atoms with Crippen molar-refractivity contribution in [2.75, 3.05) is 6.54 Å². The van der Waals surface area contributed by atoms with E-state index in [4.69, 9.17) is 9.47 Å². The number of amides is 3. The summed E-state index contributed by atoms with van der Waals surface area (Å²) < 4.78 is 26.0. The van der Waals surface area contributed by atoms with Gasteiger partial charge in [-0.05, 0) is 59.6 Å². The summed E-state index contributed by atoms with van der Waals surface area (Å²) >= 11 is 0. The molecule has 2 N–H and O–H groups in total. The number of ether oxygens (including phenoxy) is 2. The summed E-state index contributed by atoms with van der Waals surface area (Å²) in [5, 5.41) is 5.26. The van der Waals surface area contributed by atoms with E-state index in [9.17, 15) is 19.2 Å². The van der Waals surface area contributed by atoms with E-state index in [1.54, 1.807) is 47.6 Å². The van der Waals surface area contributed by atoms with Crippen molar-refractivity contribution in [3.63, 3.8) is 0 Å². The lowest BCUT2D eigenvalue weighted by molar-refractivity contribution is -0.164. The first-order valence-electron chi connectivity index (χ1n) is 13.2. The molecule has 3 unspecified atom stereocenters. The van der Waals surface area contributed by atoms with Crippen LogP contribution < -0.4 is 10.6 Å². The van der Waals surface area contributed by atoms with Crippen molar-refractivity contribution in [1.82, 2.24) is 15.5 Å². The van der Waals surface area contributed by atoms with Crippen molar-refractivity contribution in [3.8, 4) is 0 Å². The molecule has 216 valence electrons. The van der Waals surface area contributed by atoms with E-state index < -0.39 is 65.4 Å². The van der Waals surface area contributed by atoms with Crippen LogP contribution in [-0.4, -0.2) is 52.6 Å². The Morgan fingerprint density at radius 3 is 2.08 bits per heavy atom. The molecule has 1 aliphatic rings. The maximum atomic E-state index is 15.2. The number of likely N-dealkylation sites (tertiary alicyclic amines) is 1. The Kier molecular flexibility index (Phi) is 9.55. The van der Waals surface area contributed by atoms with Gasteiger partial charge in [0.05, 0.1) is 12.0 Å². The lowest BCUT2D eigenvalue weighted by Gasteiger charge is -2.32. The van der Waals surface area contributed by atoms with Gasteiger partial charge in [-0.1, -0.05) is 48.5 Å². The molecular formula is C30H38FN3O6.